The van der Waals surface area contributed by atoms with Crippen LogP contribution in [-0.4, -0.2) is 7.05 Å². The third kappa shape index (κ3) is 1.94. The quantitative estimate of drug-likeness (QED) is 0.581. The van der Waals surface area contributed by atoms with E-state index >= 15 is 0 Å². The van der Waals surface area contributed by atoms with Crippen LogP contribution in [0.3, 0.4) is 0 Å². The molecule has 0 N–H and O–H groups in total. The second-order valence-electron chi connectivity index (χ2n) is 2.88. The minimum absolute atomic E-state index is 1.23. The normalized spacial score (nSPS) is 9.82. The molecule has 0 fully saturated rings. The largest absolute Gasteiger partial charge is 0.359 e. The zero-order valence-electron chi connectivity index (χ0n) is 7.26. The van der Waals surface area contributed by atoms with Crippen LogP contribution in [0.5, 0.6) is 0 Å². The van der Waals surface area contributed by atoms with Crippen molar-refractivity contribution < 1.29 is 0 Å². The lowest BCUT2D eigenvalue weighted by atomic mass is 10.1. The number of hydrogen-bond acceptors (Lipinski definition) is 1. The van der Waals surface area contributed by atoms with Crippen LogP contribution in [0.1, 0.15) is 11.1 Å². The fourth-order valence-corrected chi connectivity index (χ4v) is 1.11. The first kappa shape index (κ1) is 8.55. The van der Waals surface area contributed by atoms with Crippen molar-refractivity contribution in [2.24, 2.45) is 0 Å². The summed E-state index contributed by atoms with van der Waals surface area (Å²) in [6.07, 6.45) is 0. The number of aryl methyl sites for hydroxylation is 2. The first-order valence-corrected chi connectivity index (χ1v) is 4.18. The molecule has 1 nitrogen and oxygen atoms in total. The summed E-state index contributed by atoms with van der Waals surface area (Å²) in [5, 5.41) is 0. The fraction of sp³-hybridized carbons (Fsp3) is 0.333. The molecule has 0 saturated carbocycles. The van der Waals surface area contributed by atoms with Gasteiger partial charge in [-0.15, -0.1) is 0 Å². The van der Waals surface area contributed by atoms with Crippen molar-refractivity contribution in [1.29, 1.82) is 0 Å². The standard InChI is InChI=1S/C9H14NP/c1-7-4-5-9(10(3)11)6-8(7)2/h4-6H,11H2,1-3H3. The lowest BCUT2D eigenvalue weighted by Crippen LogP contribution is -1.99. The molecule has 1 aromatic rings. The van der Waals surface area contributed by atoms with Crippen LogP contribution in [0.25, 0.3) is 0 Å². The first-order chi connectivity index (χ1) is 5.11. The zero-order valence-corrected chi connectivity index (χ0v) is 8.41. The van der Waals surface area contributed by atoms with E-state index in [-0.39, 0.29) is 0 Å². The predicted octanol–water partition coefficient (Wildman–Crippen LogP) is 2.53. The zero-order chi connectivity index (χ0) is 8.43. The topological polar surface area (TPSA) is 3.24 Å². The van der Waals surface area contributed by atoms with E-state index in [2.05, 4.69) is 41.4 Å². The second-order valence-corrected chi connectivity index (χ2v) is 3.65. The lowest BCUT2D eigenvalue weighted by Gasteiger charge is -2.13. The molecule has 0 aromatic heterocycles. The molecule has 1 atom stereocenters. The van der Waals surface area contributed by atoms with Crippen molar-refractivity contribution in [3.8, 4) is 0 Å². The molecule has 0 bridgehead atoms. The van der Waals surface area contributed by atoms with Gasteiger partial charge in [-0.05, 0) is 46.5 Å². The average molecular weight is 167 g/mol. The predicted molar refractivity (Wildman–Crippen MR) is 54.0 cm³/mol. The van der Waals surface area contributed by atoms with Gasteiger partial charge in [0.1, 0.15) is 0 Å². The highest BCUT2D eigenvalue weighted by Gasteiger charge is 1.96. The highest BCUT2D eigenvalue weighted by atomic mass is 31.0. The van der Waals surface area contributed by atoms with Crippen LogP contribution in [0.4, 0.5) is 5.69 Å². The Morgan fingerprint density at radius 1 is 1.18 bits per heavy atom. The average Bonchev–Trinajstić information content (AvgIpc) is 1.94. The Bertz CT molecular complexity index is 256. The van der Waals surface area contributed by atoms with Gasteiger partial charge < -0.3 is 4.67 Å². The van der Waals surface area contributed by atoms with Gasteiger partial charge in [-0.1, -0.05) is 6.07 Å². The minimum Gasteiger partial charge on any atom is -0.359 e. The summed E-state index contributed by atoms with van der Waals surface area (Å²) in [6.45, 7) is 4.26. The molecule has 1 aromatic carbocycles. The molecule has 0 aliphatic rings. The van der Waals surface area contributed by atoms with Crippen molar-refractivity contribution in [3.63, 3.8) is 0 Å². The van der Waals surface area contributed by atoms with Crippen LogP contribution in [0.2, 0.25) is 0 Å². The number of anilines is 1. The second kappa shape index (κ2) is 3.23. The lowest BCUT2D eigenvalue weighted by molar-refractivity contribution is 1.29. The van der Waals surface area contributed by atoms with E-state index in [0.717, 1.165) is 0 Å². The molecule has 1 unspecified atom stereocenters. The molecule has 0 saturated heterocycles. The Balaban J connectivity index is 3.05. The molecule has 1 rings (SSSR count). The number of nitrogens with zero attached hydrogens (tertiary/aromatic N) is 1. The van der Waals surface area contributed by atoms with Gasteiger partial charge in [0.25, 0.3) is 0 Å². The summed E-state index contributed by atoms with van der Waals surface area (Å²) < 4.78 is 2.03. The number of hydrogen-bond donors (Lipinski definition) is 0. The van der Waals surface area contributed by atoms with Gasteiger partial charge >= 0.3 is 0 Å². The van der Waals surface area contributed by atoms with Crippen molar-refractivity contribution >= 4 is 15.1 Å². The molecule has 2 heteroatoms. The number of benzene rings is 1. The molecule has 11 heavy (non-hydrogen) atoms. The SMILES string of the molecule is Cc1ccc(N(C)P)cc1C. The first-order valence-electron chi connectivity index (χ1n) is 3.67. The highest BCUT2D eigenvalue weighted by Crippen LogP contribution is 2.19. The Hall–Kier alpha value is -0.550. The number of rotatable bonds is 1. The molecule has 0 aliphatic carbocycles. The van der Waals surface area contributed by atoms with E-state index in [4.69, 9.17) is 0 Å². The van der Waals surface area contributed by atoms with Gasteiger partial charge in [-0.25, -0.2) is 0 Å². The van der Waals surface area contributed by atoms with E-state index in [0.29, 0.717) is 0 Å². The minimum atomic E-state index is 1.23. The van der Waals surface area contributed by atoms with E-state index in [9.17, 15) is 0 Å². The maximum absolute atomic E-state index is 2.64. The van der Waals surface area contributed by atoms with Crippen LogP contribution < -0.4 is 4.67 Å². The van der Waals surface area contributed by atoms with Crippen molar-refractivity contribution in [2.45, 2.75) is 13.8 Å². The Labute approximate surface area is 70.7 Å². The molecule has 0 amide bonds. The highest BCUT2D eigenvalue weighted by molar-refractivity contribution is 7.19. The summed E-state index contributed by atoms with van der Waals surface area (Å²) in [6, 6.07) is 6.45. The van der Waals surface area contributed by atoms with E-state index in [1.807, 2.05) is 11.7 Å². The van der Waals surface area contributed by atoms with Gasteiger partial charge in [-0.3, -0.25) is 0 Å². The van der Waals surface area contributed by atoms with E-state index in [1.165, 1.54) is 16.8 Å². The molecule has 0 spiro atoms. The van der Waals surface area contributed by atoms with Crippen LogP contribution in [-0.2, 0) is 0 Å². The van der Waals surface area contributed by atoms with Gasteiger partial charge in [0.2, 0.25) is 0 Å². The van der Waals surface area contributed by atoms with E-state index < -0.39 is 0 Å². The van der Waals surface area contributed by atoms with Gasteiger partial charge in [0, 0.05) is 12.7 Å². The molecule has 0 aliphatic heterocycles. The molecular weight excluding hydrogens is 153 g/mol. The summed E-state index contributed by atoms with van der Waals surface area (Å²) in [5.74, 6) is 0. The third-order valence-electron chi connectivity index (χ3n) is 1.90. The van der Waals surface area contributed by atoms with E-state index in [1.54, 1.807) is 0 Å². The Kier molecular flexibility index (Phi) is 2.51. The monoisotopic (exact) mass is 167 g/mol. The summed E-state index contributed by atoms with van der Waals surface area (Å²) >= 11 is 0. The molecule has 0 radical (unpaired) electrons. The van der Waals surface area contributed by atoms with Gasteiger partial charge in [0.05, 0.1) is 0 Å². The maximum atomic E-state index is 2.64. The maximum Gasteiger partial charge on any atom is 0.0395 e. The summed E-state index contributed by atoms with van der Waals surface area (Å²) in [4.78, 5) is 0. The Morgan fingerprint density at radius 2 is 1.82 bits per heavy atom. The molecule has 60 valence electrons. The van der Waals surface area contributed by atoms with Crippen molar-refractivity contribution in [2.75, 3.05) is 11.7 Å². The van der Waals surface area contributed by atoms with Crippen molar-refractivity contribution in [1.82, 2.24) is 0 Å². The van der Waals surface area contributed by atoms with Crippen LogP contribution in [0, 0.1) is 13.8 Å². The Morgan fingerprint density at radius 3 is 2.27 bits per heavy atom. The summed E-state index contributed by atoms with van der Waals surface area (Å²) in [5.41, 5.74) is 3.93. The smallest absolute Gasteiger partial charge is 0.0395 e. The van der Waals surface area contributed by atoms with Gasteiger partial charge in [-0.2, -0.15) is 0 Å². The van der Waals surface area contributed by atoms with Crippen molar-refractivity contribution in [3.05, 3.63) is 29.3 Å². The molecule has 0 heterocycles. The van der Waals surface area contributed by atoms with Crippen LogP contribution >= 0.6 is 9.39 Å². The fourth-order valence-electron chi connectivity index (χ4n) is 0.945. The summed E-state index contributed by atoms with van der Waals surface area (Å²) in [7, 11) is 4.67. The third-order valence-corrected chi connectivity index (χ3v) is 2.20. The molecular formula is C9H14NP. The van der Waals surface area contributed by atoms with Crippen LogP contribution in [0.15, 0.2) is 18.2 Å². The van der Waals surface area contributed by atoms with Gasteiger partial charge in [0.15, 0.2) is 0 Å².